The van der Waals surface area contributed by atoms with Gasteiger partial charge in [0.25, 0.3) is 0 Å². The number of aryl methyl sites for hydroxylation is 1. The summed E-state index contributed by atoms with van der Waals surface area (Å²) in [6.45, 7) is 4.04. The van der Waals surface area contributed by atoms with Gasteiger partial charge >= 0.3 is 6.03 Å². The smallest absolute Gasteiger partial charge is 0.321 e. The molecule has 6 heteroatoms. The minimum Gasteiger partial charge on any atom is -0.473 e. The second-order valence-electron chi connectivity index (χ2n) is 4.46. The van der Waals surface area contributed by atoms with Crippen molar-refractivity contribution in [3.05, 3.63) is 52.8 Å². The van der Waals surface area contributed by atoms with Gasteiger partial charge in [0.05, 0.1) is 5.69 Å². The van der Waals surface area contributed by atoms with Crippen LogP contribution in [0.25, 0.3) is 0 Å². The Kier molecular flexibility index (Phi) is 5.00. The van der Waals surface area contributed by atoms with Crippen molar-refractivity contribution in [2.45, 2.75) is 13.8 Å². The minimum atomic E-state index is -0.407. The van der Waals surface area contributed by atoms with Gasteiger partial charge in [-0.15, -0.1) is 0 Å². The number of aromatic nitrogens is 1. The van der Waals surface area contributed by atoms with Crippen LogP contribution in [-0.4, -0.2) is 17.7 Å². The molecule has 1 aromatic heterocycles. The molecule has 0 fully saturated rings. The molecule has 0 aliphatic rings. The molecule has 1 heterocycles. The number of hydrogen-bond acceptors (Lipinski definition) is 3. The van der Waals surface area contributed by atoms with Crippen LogP contribution in [0.4, 0.5) is 10.5 Å². The molecule has 0 spiro atoms. The first kappa shape index (κ1) is 15.1. The van der Waals surface area contributed by atoms with Gasteiger partial charge in [-0.2, -0.15) is 0 Å². The zero-order chi connectivity index (χ0) is 15.2. The normalized spacial score (nSPS) is 10.0. The second kappa shape index (κ2) is 6.95. The summed E-state index contributed by atoms with van der Waals surface area (Å²) in [6.07, 6.45) is 1.55. The lowest BCUT2D eigenvalue weighted by Gasteiger charge is -2.12. The van der Waals surface area contributed by atoms with Crippen LogP contribution < -0.4 is 15.4 Å². The van der Waals surface area contributed by atoms with Crippen molar-refractivity contribution in [2.75, 3.05) is 12.0 Å². The Balaban J connectivity index is 1.85. The third-order valence-corrected chi connectivity index (χ3v) is 3.32. The van der Waals surface area contributed by atoms with Crippen molar-refractivity contribution >= 4 is 23.3 Å². The molecule has 110 valence electrons. The van der Waals surface area contributed by atoms with Crippen molar-refractivity contribution in [1.82, 2.24) is 10.3 Å². The second-order valence-corrected chi connectivity index (χ2v) is 4.82. The summed E-state index contributed by atoms with van der Waals surface area (Å²) in [5.74, 6) is 0.745. The molecule has 2 rings (SSSR count). The number of carbonyl (C=O) groups excluding carboxylic acids is 1. The molecule has 0 saturated carbocycles. The number of nitrogens with one attached hydrogen (secondary N) is 2. The first-order valence-corrected chi connectivity index (χ1v) is 6.80. The summed E-state index contributed by atoms with van der Waals surface area (Å²) < 4.78 is 5.54. The van der Waals surface area contributed by atoms with Gasteiger partial charge in [0, 0.05) is 6.20 Å². The lowest BCUT2D eigenvalue weighted by molar-refractivity contribution is 0.234. The molecule has 5 nitrogen and oxygen atoms in total. The van der Waals surface area contributed by atoms with Gasteiger partial charge in [0.2, 0.25) is 0 Å². The average Bonchev–Trinajstić information content (AvgIpc) is 2.46. The van der Waals surface area contributed by atoms with Gasteiger partial charge in [-0.1, -0.05) is 23.7 Å². The quantitative estimate of drug-likeness (QED) is 0.671. The summed E-state index contributed by atoms with van der Waals surface area (Å²) >= 11 is 5.85. The molecule has 0 bridgehead atoms. The number of hydrogen-bond donors (Lipinski definition) is 2. The highest BCUT2D eigenvalue weighted by Gasteiger charge is 2.06. The van der Waals surface area contributed by atoms with E-state index in [-0.39, 0.29) is 11.9 Å². The fourth-order valence-electron chi connectivity index (χ4n) is 1.71. The molecule has 21 heavy (non-hydrogen) atoms. The minimum absolute atomic E-state index is 0.0635. The number of pyridine rings is 1. The standard InChI is InChI=1S/C15H16ClN3O2/c1-10-5-3-7-13(11(10)2)21-9-18-15(20)19-12-6-4-8-17-14(12)16/h3-8H,9H2,1-2H3,(H2,18,19,20). The average molecular weight is 306 g/mol. The molecule has 1 aromatic carbocycles. The number of amides is 2. The van der Waals surface area contributed by atoms with Crippen LogP contribution in [0.15, 0.2) is 36.5 Å². The van der Waals surface area contributed by atoms with Gasteiger partial charge in [0.1, 0.15) is 5.75 Å². The fourth-order valence-corrected chi connectivity index (χ4v) is 1.87. The number of ether oxygens (including phenoxy) is 1. The summed E-state index contributed by atoms with van der Waals surface area (Å²) in [6, 6.07) is 8.73. The van der Waals surface area contributed by atoms with E-state index in [1.807, 2.05) is 32.0 Å². The van der Waals surface area contributed by atoms with Crippen LogP contribution in [-0.2, 0) is 0 Å². The van der Waals surface area contributed by atoms with Gasteiger partial charge in [0.15, 0.2) is 11.9 Å². The van der Waals surface area contributed by atoms with Gasteiger partial charge in [-0.05, 0) is 43.2 Å². The van der Waals surface area contributed by atoms with E-state index in [2.05, 4.69) is 15.6 Å². The first-order valence-electron chi connectivity index (χ1n) is 6.42. The number of benzene rings is 1. The summed E-state index contributed by atoms with van der Waals surface area (Å²) in [4.78, 5) is 15.6. The lowest BCUT2D eigenvalue weighted by Crippen LogP contribution is -2.32. The van der Waals surface area contributed by atoms with E-state index in [0.717, 1.165) is 16.9 Å². The maximum atomic E-state index is 11.7. The van der Waals surface area contributed by atoms with Crippen molar-refractivity contribution in [3.8, 4) is 5.75 Å². The van der Waals surface area contributed by atoms with E-state index >= 15 is 0 Å². The summed E-state index contributed by atoms with van der Waals surface area (Å²) in [5.41, 5.74) is 2.64. The van der Waals surface area contributed by atoms with Gasteiger partial charge in [-0.25, -0.2) is 9.78 Å². The van der Waals surface area contributed by atoms with Gasteiger partial charge in [-0.3, -0.25) is 0 Å². The predicted molar refractivity (Wildman–Crippen MR) is 82.8 cm³/mol. The van der Waals surface area contributed by atoms with Gasteiger partial charge < -0.3 is 15.4 Å². The molecule has 0 unspecified atom stereocenters. The lowest BCUT2D eigenvalue weighted by atomic mass is 10.1. The van der Waals surface area contributed by atoms with Crippen LogP contribution in [0.2, 0.25) is 5.15 Å². The third-order valence-electron chi connectivity index (χ3n) is 3.02. The highest BCUT2D eigenvalue weighted by atomic mass is 35.5. The van der Waals surface area contributed by atoms with Crippen LogP contribution in [0.1, 0.15) is 11.1 Å². The fraction of sp³-hybridized carbons (Fsp3) is 0.200. The van der Waals surface area contributed by atoms with E-state index in [0.29, 0.717) is 5.69 Å². The highest BCUT2D eigenvalue weighted by molar-refractivity contribution is 6.32. The number of anilines is 1. The Morgan fingerprint density at radius 3 is 2.86 bits per heavy atom. The van der Waals surface area contributed by atoms with Crippen LogP contribution >= 0.6 is 11.6 Å². The molecule has 2 amide bonds. The molecule has 0 aliphatic heterocycles. The number of carbonyl (C=O) groups is 1. The molecule has 0 radical (unpaired) electrons. The first-order chi connectivity index (χ1) is 10.1. The number of rotatable bonds is 4. The van der Waals surface area contributed by atoms with Crippen molar-refractivity contribution < 1.29 is 9.53 Å². The Bertz CT molecular complexity index is 647. The predicted octanol–water partition coefficient (Wildman–Crippen LogP) is 3.51. The van der Waals surface area contributed by atoms with Crippen molar-refractivity contribution in [2.24, 2.45) is 0 Å². The Morgan fingerprint density at radius 1 is 1.29 bits per heavy atom. The van der Waals surface area contributed by atoms with Crippen LogP contribution in [0.3, 0.4) is 0 Å². The monoisotopic (exact) mass is 305 g/mol. The maximum Gasteiger partial charge on any atom is 0.321 e. The van der Waals surface area contributed by atoms with E-state index in [9.17, 15) is 4.79 Å². The molecule has 2 N–H and O–H groups in total. The Morgan fingerprint density at radius 2 is 2.10 bits per heavy atom. The number of halogens is 1. The highest BCUT2D eigenvalue weighted by Crippen LogP contribution is 2.20. The Hall–Kier alpha value is -2.27. The molecule has 2 aromatic rings. The topological polar surface area (TPSA) is 63.2 Å². The number of urea groups is 1. The van der Waals surface area contributed by atoms with E-state index in [1.54, 1.807) is 18.3 Å². The van der Waals surface area contributed by atoms with Crippen LogP contribution in [0.5, 0.6) is 5.75 Å². The Labute approximate surface area is 128 Å². The number of nitrogens with zero attached hydrogens (tertiary/aromatic N) is 1. The molecule has 0 saturated heterocycles. The zero-order valence-electron chi connectivity index (χ0n) is 11.8. The zero-order valence-corrected chi connectivity index (χ0v) is 12.6. The molecular weight excluding hydrogens is 290 g/mol. The summed E-state index contributed by atoms with van der Waals surface area (Å²) in [7, 11) is 0. The van der Waals surface area contributed by atoms with E-state index in [1.165, 1.54) is 0 Å². The molecule has 0 aliphatic carbocycles. The van der Waals surface area contributed by atoms with E-state index in [4.69, 9.17) is 16.3 Å². The molecular formula is C15H16ClN3O2. The van der Waals surface area contributed by atoms with Crippen molar-refractivity contribution in [1.29, 1.82) is 0 Å². The largest absolute Gasteiger partial charge is 0.473 e. The maximum absolute atomic E-state index is 11.7. The molecule has 0 atom stereocenters. The van der Waals surface area contributed by atoms with Crippen LogP contribution in [0, 0.1) is 13.8 Å². The SMILES string of the molecule is Cc1cccc(OCNC(=O)Nc2cccnc2Cl)c1C. The third kappa shape index (κ3) is 4.10. The van der Waals surface area contributed by atoms with Crippen molar-refractivity contribution in [3.63, 3.8) is 0 Å². The van der Waals surface area contributed by atoms with E-state index < -0.39 is 6.03 Å². The summed E-state index contributed by atoms with van der Waals surface area (Å²) in [5, 5.41) is 5.43.